The monoisotopic (exact) mass is 311 g/mol. The number of aromatic nitrogens is 2. The Morgan fingerprint density at radius 2 is 2.00 bits per heavy atom. The van der Waals surface area contributed by atoms with Crippen LogP contribution in [0.15, 0.2) is 34.2 Å². The van der Waals surface area contributed by atoms with Gasteiger partial charge < -0.3 is 0 Å². The van der Waals surface area contributed by atoms with E-state index in [4.69, 9.17) is 17.4 Å². The van der Waals surface area contributed by atoms with Crippen molar-refractivity contribution in [2.45, 2.75) is 16.8 Å². The number of aryl methyl sites for hydroxylation is 1. The lowest BCUT2D eigenvalue weighted by Crippen LogP contribution is -2.12. The van der Waals surface area contributed by atoms with Gasteiger partial charge in [0, 0.05) is 9.92 Å². The van der Waals surface area contributed by atoms with Crippen molar-refractivity contribution in [2.75, 3.05) is 5.43 Å². The third kappa shape index (κ3) is 3.16. The quantitative estimate of drug-likeness (QED) is 0.387. The standard InChI is InChI=1S/C11H10ClN5O2S/c1-6-9(17(18)19)10(15-11(14-6)16-13)20-8-4-2-7(12)3-5-8/h2-5H,13H2,1H3,(H,14,15,16). The number of nitrogen functional groups attached to an aromatic ring is 1. The molecule has 0 aliphatic rings. The highest BCUT2D eigenvalue weighted by atomic mass is 35.5. The number of hydrogen-bond acceptors (Lipinski definition) is 7. The number of rotatable bonds is 4. The molecule has 2 rings (SSSR count). The Bertz CT molecular complexity index is 650. The minimum absolute atomic E-state index is 0.129. The number of nitrogens with two attached hydrogens (primary N) is 1. The van der Waals surface area contributed by atoms with E-state index in [1.807, 2.05) is 0 Å². The average molecular weight is 312 g/mol. The Labute approximate surface area is 123 Å². The number of nitro groups is 1. The van der Waals surface area contributed by atoms with Crippen LogP contribution in [0.5, 0.6) is 0 Å². The van der Waals surface area contributed by atoms with E-state index in [2.05, 4.69) is 15.4 Å². The lowest BCUT2D eigenvalue weighted by molar-refractivity contribution is -0.389. The maximum absolute atomic E-state index is 11.1. The van der Waals surface area contributed by atoms with Gasteiger partial charge in [-0.2, -0.15) is 4.98 Å². The first-order valence-corrected chi connectivity index (χ1v) is 6.63. The van der Waals surface area contributed by atoms with Crippen LogP contribution in [0, 0.1) is 17.0 Å². The first kappa shape index (κ1) is 14.5. The highest BCUT2D eigenvalue weighted by Gasteiger charge is 2.22. The van der Waals surface area contributed by atoms with E-state index in [0.717, 1.165) is 16.7 Å². The molecule has 0 radical (unpaired) electrons. The lowest BCUT2D eigenvalue weighted by atomic mass is 10.4. The summed E-state index contributed by atoms with van der Waals surface area (Å²) in [4.78, 5) is 19.3. The van der Waals surface area contributed by atoms with E-state index in [9.17, 15) is 10.1 Å². The van der Waals surface area contributed by atoms with Crippen LogP contribution in [-0.4, -0.2) is 14.9 Å². The summed E-state index contributed by atoms with van der Waals surface area (Å²) in [6.45, 7) is 1.53. The molecule has 104 valence electrons. The highest BCUT2D eigenvalue weighted by Crippen LogP contribution is 2.35. The second-order valence-electron chi connectivity index (χ2n) is 3.74. The van der Waals surface area contributed by atoms with Crippen LogP contribution in [-0.2, 0) is 0 Å². The molecular formula is C11H10ClN5O2S. The van der Waals surface area contributed by atoms with Gasteiger partial charge >= 0.3 is 5.69 Å². The van der Waals surface area contributed by atoms with Gasteiger partial charge in [0.05, 0.1) is 4.92 Å². The van der Waals surface area contributed by atoms with Crippen molar-refractivity contribution in [3.05, 3.63) is 45.1 Å². The normalized spacial score (nSPS) is 10.3. The van der Waals surface area contributed by atoms with Gasteiger partial charge in [-0.05, 0) is 31.2 Å². The number of halogens is 1. The Morgan fingerprint density at radius 1 is 1.35 bits per heavy atom. The summed E-state index contributed by atoms with van der Waals surface area (Å²) in [6, 6.07) is 6.91. The van der Waals surface area contributed by atoms with E-state index in [1.54, 1.807) is 24.3 Å². The Hall–Kier alpha value is -1.90. The van der Waals surface area contributed by atoms with E-state index in [0.29, 0.717) is 5.02 Å². The molecule has 0 amide bonds. The average Bonchev–Trinajstić information content (AvgIpc) is 2.40. The van der Waals surface area contributed by atoms with Gasteiger partial charge in [0.2, 0.25) is 5.95 Å². The summed E-state index contributed by atoms with van der Waals surface area (Å²) < 4.78 is 0. The van der Waals surface area contributed by atoms with Gasteiger partial charge in [-0.1, -0.05) is 23.4 Å². The van der Waals surface area contributed by atoms with Crippen molar-refractivity contribution < 1.29 is 4.92 Å². The third-order valence-electron chi connectivity index (χ3n) is 2.37. The molecule has 2 aromatic rings. The van der Waals surface area contributed by atoms with Crippen LogP contribution in [0.3, 0.4) is 0 Å². The minimum atomic E-state index is -0.506. The molecule has 0 fully saturated rings. The molecule has 1 aromatic carbocycles. The fourth-order valence-corrected chi connectivity index (χ4v) is 2.57. The largest absolute Gasteiger partial charge is 0.322 e. The van der Waals surface area contributed by atoms with E-state index in [1.165, 1.54) is 6.92 Å². The zero-order valence-electron chi connectivity index (χ0n) is 10.3. The topological polar surface area (TPSA) is 107 Å². The molecule has 0 aliphatic carbocycles. The molecular weight excluding hydrogens is 302 g/mol. The molecule has 1 aromatic heterocycles. The molecule has 7 nitrogen and oxygen atoms in total. The van der Waals surface area contributed by atoms with Gasteiger partial charge in [0.1, 0.15) is 5.69 Å². The van der Waals surface area contributed by atoms with Crippen molar-refractivity contribution in [2.24, 2.45) is 5.84 Å². The third-order valence-corrected chi connectivity index (χ3v) is 3.60. The van der Waals surface area contributed by atoms with E-state index < -0.39 is 4.92 Å². The molecule has 0 bridgehead atoms. The van der Waals surface area contributed by atoms with E-state index in [-0.39, 0.29) is 22.4 Å². The molecule has 0 atom stereocenters. The minimum Gasteiger partial charge on any atom is -0.292 e. The van der Waals surface area contributed by atoms with Crippen molar-refractivity contribution in [1.29, 1.82) is 0 Å². The smallest absolute Gasteiger partial charge is 0.292 e. The SMILES string of the molecule is Cc1nc(NN)nc(Sc2ccc(Cl)cc2)c1[N+](=O)[O-]. The van der Waals surface area contributed by atoms with Gasteiger partial charge in [0.15, 0.2) is 5.03 Å². The number of nitrogens with zero attached hydrogens (tertiary/aromatic N) is 3. The zero-order chi connectivity index (χ0) is 14.7. The zero-order valence-corrected chi connectivity index (χ0v) is 11.9. The second-order valence-corrected chi connectivity index (χ2v) is 5.24. The van der Waals surface area contributed by atoms with Gasteiger partial charge in [-0.25, -0.2) is 10.8 Å². The van der Waals surface area contributed by atoms with Crippen LogP contribution in [0.2, 0.25) is 5.02 Å². The fraction of sp³-hybridized carbons (Fsp3) is 0.0909. The molecule has 0 unspecified atom stereocenters. The molecule has 0 aliphatic heterocycles. The van der Waals surface area contributed by atoms with Gasteiger partial charge in [-0.3, -0.25) is 15.5 Å². The molecule has 1 heterocycles. The number of hydrogen-bond donors (Lipinski definition) is 2. The lowest BCUT2D eigenvalue weighted by Gasteiger charge is -2.06. The molecule has 0 spiro atoms. The van der Waals surface area contributed by atoms with E-state index >= 15 is 0 Å². The summed E-state index contributed by atoms with van der Waals surface area (Å²) in [6.07, 6.45) is 0. The summed E-state index contributed by atoms with van der Waals surface area (Å²) in [5.74, 6) is 5.38. The first-order valence-electron chi connectivity index (χ1n) is 5.44. The van der Waals surface area contributed by atoms with Crippen LogP contribution in [0.25, 0.3) is 0 Å². The van der Waals surface area contributed by atoms with Gasteiger partial charge in [0.25, 0.3) is 0 Å². The highest BCUT2D eigenvalue weighted by molar-refractivity contribution is 7.99. The van der Waals surface area contributed by atoms with Crippen molar-refractivity contribution in [3.8, 4) is 0 Å². The fourth-order valence-electron chi connectivity index (χ4n) is 1.50. The number of nitrogens with one attached hydrogen (secondary N) is 1. The van der Waals surface area contributed by atoms with Crippen molar-refractivity contribution in [3.63, 3.8) is 0 Å². The molecule has 20 heavy (non-hydrogen) atoms. The van der Waals surface area contributed by atoms with Gasteiger partial charge in [-0.15, -0.1) is 0 Å². The summed E-state index contributed by atoms with van der Waals surface area (Å²) in [5, 5.41) is 11.9. The maximum atomic E-state index is 11.1. The molecule has 9 heteroatoms. The Morgan fingerprint density at radius 3 is 2.55 bits per heavy atom. The predicted octanol–water partition coefficient (Wildman–Crippen LogP) is 2.78. The van der Waals surface area contributed by atoms with Crippen LogP contribution in [0.4, 0.5) is 11.6 Å². The molecule has 0 saturated carbocycles. The summed E-state index contributed by atoms with van der Waals surface area (Å²) >= 11 is 6.95. The van der Waals surface area contributed by atoms with Crippen molar-refractivity contribution in [1.82, 2.24) is 9.97 Å². The number of hydrazine groups is 1. The molecule has 3 N–H and O–H groups in total. The number of benzene rings is 1. The predicted molar refractivity (Wildman–Crippen MR) is 76.8 cm³/mol. The van der Waals surface area contributed by atoms with Crippen LogP contribution < -0.4 is 11.3 Å². The first-order chi connectivity index (χ1) is 9.51. The Kier molecular flexibility index (Phi) is 4.38. The summed E-state index contributed by atoms with van der Waals surface area (Å²) in [5.41, 5.74) is 2.40. The van der Waals surface area contributed by atoms with Crippen molar-refractivity contribution >= 4 is 35.0 Å². The second kappa shape index (κ2) is 6.04. The number of anilines is 1. The molecule has 0 saturated heterocycles. The maximum Gasteiger partial charge on any atom is 0.322 e. The van der Waals surface area contributed by atoms with Crippen LogP contribution in [0.1, 0.15) is 5.69 Å². The summed E-state index contributed by atoms with van der Waals surface area (Å²) in [7, 11) is 0. The Balaban J connectivity index is 2.45. The van der Waals surface area contributed by atoms with Crippen LogP contribution >= 0.6 is 23.4 Å².